The molecule has 0 N–H and O–H groups in total. The van der Waals surface area contributed by atoms with Gasteiger partial charge in [0.15, 0.2) is 0 Å². The SMILES string of the molecule is C[CH]C(=O)OCCC(C)C. The van der Waals surface area contributed by atoms with Gasteiger partial charge in [0.2, 0.25) is 0 Å². The Morgan fingerprint density at radius 3 is 2.60 bits per heavy atom. The molecule has 0 atom stereocenters. The molecule has 0 fully saturated rings. The summed E-state index contributed by atoms with van der Waals surface area (Å²) in [6.45, 7) is 6.42. The van der Waals surface area contributed by atoms with E-state index in [2.05, 4.69) is 13.8 Å². The summed E-state index contributed by atoms with van der Waals surface area (Å²) in [6, 6.07) is 0. The fourth-order valence-electron chi connectivity index (χ4n) is 0.479. The maximum atomic E-state index is 10.5. The summed E-state index contributed by atoms with van der Waals surface area (Å²) >= 11 is 0. The Morgan fingerprint density at radius 2 is 2.20 bits per heavy atom. The molecule has 59 valence electrons. The zero-order valence-corrected chi connectivity index (χ0v) is 6.89. The van der Waals surface area contributed by atoms with Crippen LogP contribution in [0.15, 0.2) is 0 Å². The second kappa shape index (κ2) is 5.27. The van der Waals surface area contributed by atoms with Gasteiger partial charge in [-0.2, -0.15) is 0 Å². The smallest absolute Gasteiger partial charge is 0.309 e. The third-order valence-electron chi connectivity index (χ3n) is 1.18. The van der Waals surface area contributed by atoms with E-state index >= 15 is 0 Å². The molecular weight excluding hydrogens is 128 g/mol. The van der Waals surface area contributed by atoms with E-state index in [0.717, 1.165) is 6.42 Å². The highest BCUT2D eigenvalue weighted by molar-refractivity contribution is 5.78. The van der Waals surface area contributed by atoms with Gasteiger partial charge in [0.25, 0.3) is 0 Å². The second-order valence-corrected chi connectivity index (χ2v) is 2.64. The van der Waals surface area contributed by atoms with Crippen LogP contribution < -0.4 is 0 Å². The zero-order valence-electron chi connectivity index (χ0n) is 6.89. The summed E-state index contributed by atoms with van der Waals surface area (Å²) in [7, 11) is 0. The lowest BCUT2D eigenvalue weighted by atomic mass is 10.1. The van der Waals surface area contributed by atoms with Crippen LogP contribution in [0.5, 0.6) is 0 Å². The summed E-state index contributed by atoms with van der Waals surface area (Å²) in [5.41, 5.74) is 0. The second-order valence-electron chi connectivity index (χ2n) is 2.64. The van der Waals surface area contributed by atoms with Crippen LogP contribution in [-0.2, 0) is 9.53 Å². The Labute approximate surface area is 62.6 Å². The van der Waals surface area contributed by atoms with Crippen LogP contribution in [0, 0.1) is 12.3 Å². The maximum absolute atomic E-state index is 10.5. The van der Waals surface area contributed by atoms with Crippen molar-refractivity contribution in [2.75, 3.05) is 6.61 Å². The lowest BCUT2D eigenvalue weighted by molar-refractivity contribution is -0.139. The predicted octanol–water partition coefficient (Wildman–Crippen LogP) is 1.80. The average molecular weight is 143 g/mol. The van der Waals surface area contributed by atoms with Crippen molar-refractivity contribution in [1.29, 1.82) is 0 Å². The molecule has 0 heterocycles. The molecule has 0 aliphatic heterocycles. The van der Waals surface area contributed by atoms with Crippen LogP contribution >= 0.6 is 0 Å². The van der Waals surface area contributed by atoms with E-state index < -0.39 is 0 Å². The molecule has 0 aliphatic carbocycles. The standard InChI is InChI=1S/C8H15O2/c1-4-8(9)10-6-5-7(2)3/h4,7H,5-6H2,1-3H3. The number of carbonyl (C=O) groups excluding carboxylic acids is 1. The normalized spacial score (nSPS) is 10.0. The van der Waals surface area contributed by atoms with Crippen molar-refractivity contribution in [3.63, 3.8) is 0 Å². The van der Waals surface area contributed by atoms with Crippen LogP contribution in [0.2, 0.25) is 0 Å². The third-order valence-corrected chi connectivity index (χ3v) is 1.18. The minimum absolute atomic E-state index is 0.222. The number of carbonyl (C=O) groups is 1. The summed E-state index contributed by atoms with van der Waals surface area (Å²) in [5, 5.41) is 0. The third kappa shape index (κ3) is 5.60. The summed E-state index contributed by atoms with van der Waals surface area (Å²) < 4.78 is 4.81. The van der Waals surface area contributed by atoms with E-state index in [1.54, 1.807) is 6.92 Å². The van der Waals surface area contributed by atoms with Crippen molar-refractivity contribution in [3.8, 4) is 0 Å². The molecule has 0 aromatic heterocycles. The van der Waals surface area contributed by atoms with Gasteiger partial charge in [0.05, 0.1) is 13.0 Å². The number of rotatable bonds is 4. The molecule has 0 bridgehead atoms. The first-order chi connectivity index (χ1) is 4.66. The maximum Gasteiger partial charge on any atom is 0.309 e. The highest BCUT2D eigenvalue weighted by Gasteiger charge is 1.98. The van der Waals surface area contributed by atoms with E-state index in [0.29, 0.717) is 12.5 Å². The Morgan fingerprint density at radius 1 is 1.60 bits per heavy atom. The van der Waals surface area contributed by atoms with Gasteiger partial charge < -0.3 is 4.74 Å². The van der Waals surface area contributed by atoms with Crippen molar-refractivity contribution >= 4 is 5.97 Å². The number of esters is 1. The van der Waals surface area contributed by atoms with Crippen molar-refractivity contribution < 1.29 is 9.53 Å². The number of ether oxygens (including phenoxy) is 1. The molecule has 2 nitrogen and oxygen atoms in total. The first-order valence-corrected chi connectivity index (χ1v) is 3.63. The quantitative estimate of drug-likeness (QED) is 0.561. The summed E-state index contributed by atoms with van der Waals surface area (Å²) in [6.07, 6.45) is 2.37. The van der Waals surface area contributed by atoms with Crippen molar-refractivity contribution in [2.24, 2.45) is 5.92 Å². The Kier molecular flexibility index (Phi) is 4.99. The molecule has 0 aromatic carbocycles. The first kappa shape index (κ1) is 9.47. The molecule has 10 heavy (non-hydrogen) atoms. The van der Waals surface area contributed by atoms with E-state index in [-0.39, 0.29) is 5.97 Å². The molecule has 0 aliphatic rings. The van der Waals surface area contributed by atoms with Crippen LogP contribution in [0.3, 0.4) is 0 Å². The molecule has 0 unspecified atom stereocenters. The minimum atomic E-state index is -0.222. The molecular formula is C8H15O2. The van der Waals surface area contributed by atoms with Gasteiger partial charge in [0.1, 0.15) is 0 Å². The Hall–Kier alpha value is -0.530. The highest BCUT2D eigenvalue weighted by atomic mass is 16.5. The van der Waals surface area contributed by atoms with Crippen molar-refractivity contribution in [1.82, 2.24) is 0 Å². The largest absolute Gasteiger partial charge is 0.465 e. The fraction of sp³-hybridized carbons (Fsp3) is 0.750. The van der Waals surface area contributed by atoms with Gasteiger partial charge in [0, 0.05) is 0 Å². The summed E-state index contributed by atoms with van der Waals surface area (Å²) in [5.74, 6) is 0.380. The van der Waals surface area contributed by atoms with Gasteiger partial charge in [-0.05, 0) is 12.3 Å². The highest BCUT2D eigenvalue weighted by Crippen LogP contribution is 1.99. The molecule has 0 amide bonds. The van der Waals surface area contributed by atoms with E-state index in [1.165, 1.54) is 6.42 Å². The number of hydrogen-bond donors (Lipinski definition) is 0. The van der Waals surface area contributed by atoms with Gasteiger partial charge in [-0.1, -0.05) is 20.8 Å². The molecule has 0 saturated heterocycles. The van der Waals surface area contributed by atoms with Crippen LogP contribution in [0.1, 0.15) is 27.2 Å². The number of hydrogen-bond acceptors (Lipinski definition) is 2. The molecule has 0 saturated carbocycles. The van der Waals surface area contributed by atoms with Gasteiger partial charge in [-0.15, -0.1) is 0 Å². The fourth-order valence-corrected chi connectivity index (χ4v) is 0.479. The molecule has 1 radical (unpaired) electrons. The van der Waals surface area contributed by atoms with Crippen LogP contribution in [-0.4, -0.2) is 12.6 Å². The van der Waals surface area contributed by atoms with E-state index in [9.17, 15) is 4.79 Å². The van der Waals surface area contributed by atoms with Crippen molar-refractivity contribution in [2.45, 2.75) is 27.2 Å². The molecule has 0 spiro atoms. The van der Waals surface area contributed by atoms with Crippen LogP contribution in [0.4, 0.5) is 0 Å². The first-order valence-electron chi connectivity index (χ1n) is 3.63. The van der Waals surface area contributed by atoms with Gasteiger partial charge in [-0.25, -0.2) is 0 Å². The Bertz CT molecular complexity index is 97.4. The summed E-state index contributed by atoms with van der Waals surface area (Å²) in [4.78, 5) is 10.5. The lowest BCUT2D eigenvalue weighted by Gasteiger charge is -2.04. The Balaban J connectivity index is 3.12. The molecule has 2 heteroatoms. The van der Waals surface area contributed by atoms with Gasteiger partial charge in [-0.3, -0.25) is 4.79 Å². The molecule has 0 aromatic rings. The van der Waals surface area contributed by atoms with Crippen LogP contribution in [0.25, 0.3) is 0 Å². The van der Waals surface area contributed by atoms with Gasteiger partial charge >= 0.3 is 5.97 Å². The van der Waals surface area contributed by atoms with Crippen molar-refractivity contribution in [3.05, 3.63) is 6.42 Å². The monoisotopic (exact) mass is 143 g/mol. The van der Waals surface area contributed by atoms with E-state index in [4.69, 9.17) is 4.74 Å². The zero-order chi connectivity index (χ0) is 7.98. The predicted molar refractivity (Wildman–Crippen MR) is 40.4 cm³/mol. The molecule has 0 rings (SSSR count). The topological polar surface area (TPSA) is 26.3 Å². The van der Waals surface area contributed by atoms with E-state index in [1.807, 2.05) is 0 Å². The minimum Gasteiger partial charge on any atom is -0.465 e. The average Bonchev–Trinajstić information content (AvgIpc) is 1.87. The lowest BCUT2D eigenvalue weighted by Crippen LogP contribution is -2.06.